The molecular formula is C10H20N4O2S. The lowest BCUT2D eigenvalue weighted by atomic mass is 10.2. The molecule has 0 aromatic carbocycles. The van der Waals surface area contributed by atoms with Crippen molar-refractivity contribution in [3.8, 4) is 0 Å². The van der Waals surface area contributed by atoms with Crippen LogP contribution in [-0.2, 0) is 17.1 Å². The minimum absolute atomic E-state index is 0.0449. The number of hydrogen-bond acceptors (Lipinski definition) is 4. The van der Waals surface area contributed by atoms with Gasteiger partial charge < -0.3 is 5.73 Å². The second kappa shape index (κ2) is 5.05. The summed E-state index contributed by atoms with van der Waals surface area (Å²) in [5.41, 5.74) is 6.18. The summed E-state index contributed by atoms with van der Waals surface area (Å²) >= 11 is 0. The van der Waals surface area contributed by atoms with Crippen molar-refractivity contribution in [2.75, 3.05) is 5.73 Å². The summed E-state index contributed by atoms with van der Waals surface area (Å²) < 4.78 is 28.5. The van der Waals surface area contributed by atoms with E-state index in [1.807, 2.05) is 13.8 Å². The first-order valence-corrected chi connectivity index (χ1v) is 7.13. The number of nitrogen functional groups attached to an aromatic ring is 1. The SMILES string of the molecule is CCC(CC)NS(=O)(=O)c1c(N)nn(C)c1C. The lowest BCUT2D eigenvalue weighted by Crippen LogP contribution is -2.34. The molecular weight excluding hydrogens is 240 g/mol. The van der Waals surface area contributed by atoms with E-state index in [-0.39, 0.29) is 16.8 Å². The Morgan fingerprint density at radius 3 is 2.29 bits per heavy atom. The van der Waals surface area contributed by atoms with Gasteiger partial charge in [0.1, 0.15) is 4.90 Å². The van der Waals surface area contributed by atoms with Crippen LogP contribution in [0.1, 0.15) is 32.4 Å². The predicted molar refractivity (Wildman–Crippen MR) is 67.0 cm³/mol. The number of rotatable bonds is 5. The molecule has 0 aliphatic rings. The molecule has 17 heavy (non-hydrogen) atoms. The molecule has 0 spiro atoms. The van der Waals surface area contributed by atoms with Gasteiger partial charge in [-0.1, -0.05) is 13.8 Å². The third-order valence-corrected chi connectivity index (χ3v) is 4.57. The van der Waals surface area contributed by atoms with Crippen molar-refractivity contribution in [2.24, 2.45) is 7.05 Å². The van der Waals surface area contributed by atoms with Crippen molar-refractivity contribution in [2.45, 2.75) is 44.6 Å². The van der Waals surface area contributed by atoms with E-state index in [4.69, 9.17) is 5.73 Å². The highest BCUT2D eigenvalue weighted by Gasteiger charge is 2.26. The van der Waals surface area contributed by atoms with E-state index >= 15 is 0 Å². The highest BCUT2D eigenvalue weighted by molar-refractivity contribution is 7.89. The first-order chi connectivity index (χ1) is 7.83. The van der Waals surface area contributed by atoms with Crippen LogP contribution in [0.3, 0.4) is 0 Å². The van der Waals surface area contributed by atoms with Crippen LogP contribution in [0.2, 0.25) is 0 Å². The molecule has 0 saturated heterocycles. The molecule has 6 nitrogen and oxygen atoms in total. The van der Waals surface area contributed by atoms with Gasteiger partial charge >= 0.3 is 0 Å². The summed E-state index contributed by atoms with van der Waals surface area (Å²) in [6.45, 7) is 5.57. The number of nitrogens with zero attached hydrogens (tertiary/aromatic N) is 2. The van der Waals surface area contributed by atoms with E-state index in [2.05, 4.69) is 9.82 Å². The van der Waals surface area contributed by atoms with E-state index in [1.165, 1.54) is 4.68 Å². The molecule has 0 radical (unpaired) electrons. The zero-order valence-corrected chi connectivity index (χ0v) is 11.5. The monoisotopic (exact) mass is 260 g/mol. The summed E-state index contributed by atoms with van der Waals surface area (Å²) in [6.07, 6.45) is 1.49. The molecule has 1 aromatic heterocycles. The molecule has 98 valence electrons. The predicted octanol–water partition coefficient (Wildman–Crippen LogP) is 0.778. The van der Waals surface area contributed by atoms with E-state index < -0.39 is 10.0 Å². The maximum atomic E-state index is 12.2. The Bertz CT molecular complexity index is 489. The Kier molecular flexibility index (Phi) is 4.16. The molecule has 1 aromatic rings. The molecule has 0 unspecified atom stereocenters. The number of sulfonamides is 1. The number of hydrogen-bond donors (Lipinski definition) is 2. The van der Waals surface area contributed by atoms with Crippen LogP contribution in [0.5, 0.6) is 0 Å². The largest absolute Gasteiger partial charge is 0.381 e. The topological polar surface area (TPSA) is 90.0 Å². The van der Waals surface area contributed by atoms with Gasteiger partial charge in [0.2, 0.25) is 10.0 Å². The molecule has 0 saturated carbocycles. The number of aromatic nitrogens is 2. The maximum Gasteiger partial charge on any atom is 0.246 e. The van der Waals surface area contributed by atoms with Gasteiger partial charge in [-0.2, -0.15) is 5.10 Å². The molecule has 1 heterocycles. The van der Waals surface area contributed by atoms with Crippen LogP contribution in [0.4, 0.5) is 5.82 Å². The molecule has 0 bridgehead atoms. The molecule has 1 rings (SSSR count). The van der Waals surface area contributed by atoms with Gasteiger partial charge in [-0.15, -0.1) is 0 Å². The third-order valence-electron chi connectivity index (χ3n) is 2.88. The van der Waals surface area contributed by atoms with Gasteiger partial charge in [-0.3, -0.25) is 4.68 Å². The first-order valence-electron chi connectivity index (χ1n) is 5.64. The van der Waals surface area contributed by atoms with E-state index in [1.54, 1.807) is 14.0 Å². The van der Waals surface area contributed by atoms with E-state index in [0.29, 0.717) is 5.69 Å². The Morgan fingerprint density at radius 1 is 1.41 bits per heavy atom. The van der Waals surface area contributed by atoms with Crippen molar-refractivity contribution < 1.29 is 8.42 Å². The average Bonchev–Trinajstić information content (AvgIpc) is 2.50. The number of nitrogens with two attached hydrogens (primary N) is 1. The molecule has 0 atom stereocenters. The van der Waals surface area contributed by atoms with Crippen molar-refractivity contribution in [3.63, 3.8) is 0 Å². The fraction of sp³-hybridized carbons (Fsp3) is 0.700. The summed E-state index contributed by atoms with van der Waals surface area (Å²) in [4.78, 5) is 0.0897. The van der Waals surface area contributed by atoms with Gasteiger partial charge in [0.25, 0.3) is 0 Å². The minimum Gasteiger partial charge on any atom is -0.381 e. The molecule has 0 amide bonds. The van der Waals surface area contributed by atoms with Crippen LogP contribution in [0.15, 0.2) is 4.90 Å². The smallest absolute Gasteiger partial charge is 0.246 e. The van der Waals surface area contributed by atoms with Gasteiger partial charge in [0.05, 0.1) is 5.69 Å². The molecule has 0 aliphatic heterocycles. The van der Waals surface area contributed by atoms with Crippen molar-refractivity contribution in [1.29, 1.82) is 0 Å². The lowest BCUT2D eigenvalue weighted by molar-refractivity contribution is 0.530. The fourth-order valence-electron chi connectivity index (χ4n) is 1.68. The Balaban J connectivity index is 3.13. The van der Waals surface area contributed by atoms with E-state index in [9.17, 15) is 8.42 Å². The maximum absolute atomic E-state index is 12.2. The first kappa shape index (κ1) is 14.0. The summed E-state index contributed by atoms with van der Waals surface area (Å²) in [6, 6.07) is -0.0704. The van der Waals surface area contributed by atoms with Gasteiger partial charge in [0.15, 0.2) is 5.82 Å². The highest BCUT2D eigenvalue weighted by Crippen LogP contribution is 2.21. The fourth-order valence-corrected chi connectivity index (χ4v) is 3.41. The van der Waals surface area contributed by atoms with Crippen LogP contribution >= 0.6 is 0 Å². The minimum atomic E-state index is -3.58. The summed E-state index contributed by atoms with van der Waals surface area (Å²) in [5.74, 6) is 0.0449. The molecule has 0 fully saturated rings. The van der Waals surface area contributed by atoms with Crippen LogP contribution in [0, 0.1) is 6.92 Å². The number of nitrogens with one attached hydrogen (secondary N) is 1. The van der Waals surface area contributed by atoms with Gasteiger partial charge in [-0.05, 0) is 19.8 Å². The summed E-state index contributed by atoms with van der Waals surface area (Å²) in [5, 5.41) is 3.91. The normalized spacial score (nSPS) is 12.3. The number of anilines is 1. The quantitative estimate of drug-likeness (QED) is 0.818. The Hall–Kier alpha value is -1.08. The Labute approximate surface area is 102 Å². The van der Waals surface area contributed by atoms with Gasteiger partial charge in [0, 0.05) is 13.1 Å². The second-order valence-corrected chi connectivity index (χ2v) is 5.71. The van der Waals surface area contributed by atoms with Crippen LogP contribution in [-0.4, -0.2) is 24.2 Å². The highest BCUT2D eigenvalue weighted by atomic mass is 32.2. The molecule has 7 heteroatoms. The Morgan fingerprint density at radius 2 is 1.94 bits per heavy atom. The van der Waals surface area contributed by atoms with E-state index in [0.717, 1.165) is 12.8 Å². The zero-order chi connectivity index (χ0) is 13.2. The standard InChI is InChI=1S/C10H20N4O2S/c1-5-8(6-2)13-17(15,16)9-7(3)14(4)12-10(9)11/h8,13H,5-6H2,1-4H3,(H2,11,12). The average molecular weight is 260 g/mol. The van der Waals surface area contributed by atoms with Crippen molar-refractivity contribution in [1.82, 2.24) is 14.5 Å². The second-order valence-electron chi connectivity index (χ2n) is 4.06. The lowest BCUT2D eigenvalue weighted by Gasteiger charge is -2.14. The third kappa shape index (κ3) is 2.78. The molecule has 3 N–H and O–H groups in total. The van der Waals surface area contributed by atoms with Gasteiger partial charge in [-0.25, -0.2) is 13.1 Å². The number of aryl methyl sites for hydroxylation is 1. The van der Waals surface area contributed by atoms with Crippen molar-refractivity contribution >= 4 is 15.8 Å². The van der Waals surface area contributed by atoms with Crippen LogP contribution in [0.25, 0.3) is 0 Å². The zero-order valence-electron chi connectivity index (χ0n) is 10.7. The van der Waals surface area contributed by atoms with Crippen molar-refractivity contribution in [3.05, 3.63) is 5.69 Å². The van der Waals surface area contributed by atoms with Crippen LogP contribution < -0.4 is 10.5 Å². The summed E-state index contributed by atoms with van der Waals surface area (Å²) in [7, 11) is -1.91. The molecule has 0 aliphatic carbocycles.